The third-order valence-corrected chi connectivity index (χ3v) is 4.56. The summed E-state index contributed by atoms with van der Waals surface area (Å²) >= 11 is 1.91. The number of nitrogens with zero attached hydrogens (tertiary/aromatic N) is 1. The smallest absolute Gasteiger partial charge is 0.0519 e. The number of para-hydroxylation sites is 1. The van der Waals surface area contributed by atoms with E-state index in [0.717, 1.165) is 19.6 Å². The minimum absolute atomic E-state index is 0.705. The molecular formula is C18H26N2S. The molecule has 0 spiro atoms. The molecule has 2 rings (SSSR count). The summed E-state index contributed by atoms with van der Waals surface area (Å²) in [6.07, 6.45) is 0. The van der Waals surface area contributed by atoms with Crippen molar-refractivity contribution in [1.82, 2.24) is 5.32 Å². The molecule has 1 N–H and O–H groups in total. The zero-order valence-corrected chi connectivity index (χ0v) is 14.3. The maximum absolute atomic E-state index is 3.51. The van der Waals surface area contributed by atoms with Crippen LogP contribution in [0.4, 0.5) is 5.69 Å². The normalized spacial score (nSPS) is 11.1. The fourth-order valence-corrected chi connectivity index (χ4v) is 3.44. The molecule has 2 nitrogen and oxygen atoms in total. The Labute approximate surface area is 132 Å². The van der Waals surface area contributed by atoms with Crippen molar-refractivity contribution in [2.45, 2.75) is 33.9 Å². The molecule has 1 aromatic heterocycles. The second-order valence-electron chi connectivity index (χ2n) is 6.04. The first kappa shape index (κ1) is 16.1. The number of thiophene rings is 1. The van der Waals surface area contributed by atoms with Gasteiger partial charge in [-0.05, 0) is 43.1 Å². The summed E-state index contributed by atoms with van der Waals surface area (Å²) in [6.45, 7) is 9.68. The average molecular weight is 302 g/mol. The van der Waals surface area contributed by atoms with E-state index in [4.69, 9.17) is 0 Å². The Balaban J connectivity index is 1.91. The van der Waals surface area contributed by atoms with E-state index < -0.39 is 0 Å². The van der Waals surface area contributed by atoms with E-state index >= 15 is 0 Å². The van der Waals surface area contributed by atoms with E-state index in [9.17, 15) is 0 Å². The van der Waals surface area contributed by atoms with Gasteiger partial charge in [-0.15, -0.1) is 11.3 Å². The first-order valence-electron chi connectivity index (χ1n) is 7.61. The van der Waals surface area contributed by atoms with E-state index in [0.29, 0.717) is 5.92 Å². The van der Waals surface area contributed by atoms with Gasteiger partial charge in [0.15, 0.2) is 0 Å². The van der Waals surface area contributed by atoms with Crippen molar-refractivity contribution in [1.29, 1.82) is 0 Å². The van der Waals surface area contributed by atoms with Crippen molar-refractivity contribution in [2.75, 3.05) is 18.5 Å². The van der Waals surface area contributed by atoms with Crippen LogP contribution in [0, 0.1) is 12.8 Å². The fourth-order valence-electron chi connectivity index (χ4n) is 2.40. The Morgan fingerprint density at radius 2 is 1.81 bits per heavy atom. The Bertz CT molecular complexity index is 560. The van der Waals surface area contributed by atoms with Gasteiger partial charge in [0.25, 0.3) is 0 Å². The summed E-state index contributed by atoms with van der Waals surface area (Å²) < 4.78 is 0. The second-order valence-corrected chi connectivity index (χ2v) is 7.29. The van der Waals surface area contributed by atoms with Crippen LogP contribution in [0.5, 0.6) is 0 Å². The number of benzene rings is 1. The molecule has 2 aromatic rings. The zero-order chi connectivity index (χ0) is 15.2. The van der Waals surface area contributed by atoms with Crippen LogP contribution in [0.25, 0.3) is 0 Å². The number of hydrogen-bond acceptors (Lipinski definition) is 3. The van der Waals surface area contributed by atoms with Crippen LogP contribution >= 0.6 is 11.3 Å². The van der Waals surface area contributed by atoms with Gasteiger partial charge in [0.1, 0.15) is 0 Å². The van der Waals surface area contributed by atoms with Crippen molar-refractivity contribution in [3.8, 4) is 0 Å². The van der Waals surface area contributed by atoms with Gasteiger partial charge in [0.05, 0.1) is 6.54 Å². The first-order valence-corrected chi connectivity index (χ1v) is 8.43. The van der Waals surface area contributed by atoms with E-state index in [2.05, 4.69) is 74.4 Å². The highest BCUT2D eigenvalue weighted by atomic mass is 32.1. The summed E-state index contributed by atoms with van der Waals surface area (Å²) in [5, 5.41) is 3.51. The Kier molecular flexibility index (Phi) is 5.83. The van der Waals surface area contributed by atoms with Crippen LogP contribution in [0.3, 0.4) is 0 Å². The van der Waals surface area contributed by atoms with Gasteiger partial charge in [-0.1, -0.05) is 32.0 Å². The van der Waals surface area contributed by atoms with Crippen LogP contribution in [0.2, 0.25) is 0 Å². The Morgan fingerprint density at radius 3 is 2.52 bits per heavy atom. The first-order chi connectivity index (χ1) is 10.1. The molecule has 0 saturated heterocycles. The van der Waals surface area contributed by atoms with Crippen LogP contribution in [0.1, 0.15) is 29.2 Å². The van der Waals surface area contributed by atoms with Gasteiger partial charge in [-0.2, -0.15) is 0 Å². The number of hydrogen-bond donors (Lipinski definition) is 1. The largest absolute Gasteiger partial charge is 0.369 e. The lowest BCUT2D eigenvalue weighted by molar-refractivity contribution is 0.555. The van der Waals surface area contributed by atoms with Crippen molar-refractivity contribution in [3.63, 3.8) is 0 Å². The van der Waals surface area contributed by atoms with E-state index in [-0.39, 0.29) is 0 Å². The van der Waals surface area contributed by atoms with Gasteiger partial charge in [-0.3, -0.25) is 0 Å². The number of nitrogens with one attached hydrogen (secondary N) is 1. The molecule has 0 bridgehead atoms. The van der Waals surface area contributed by atoms with Crippen molar-refractivity contribution < 1.29 is 0 Å². The predicted octanol–water partition coefficient (Wildman–Crippen LogP) is 4.44. The molecule has 0 fully saturated rings. The highest BCUT2D eigenvalue weighted by Crippen LogP contribution is 2.23. The molecular weight excluding hydrogens is 276 g/mol. The molecule has 21 heavy (non-hydrogen) atoms. The fraction of sp³-hybridized carbons (Fsp3) is 0.444. The van der Waals surface area contributed by atoms with E-state index in [1.165, 1.54) is 21.0 Å². The highest BCUT2D eigenvalue weighted by Gasteiger charge is 2.07. The third kappa shape index (κ3) is 4.87. The lowest BCUT2D eigenvalue weighted by Gasteiger charge is -2.20. The van der Waals surface area contributed by atoms with Crippen LogP contribution in [-0.4, -0.2) is 13.6 Å². The summed E-state index contributed by atoms with van der Waals surface area (Å²) in [5.74, 6) is 0.705. The van der Waals surface area contributed by atoms with Crippen LogP contribution in [-0.2, 0) is 13.1 Å². The molecule has 114 valence electrons. The maximum Gasteiger partial charge on any atom is 0.0519 e. The summed E-state index contributed by atoms with van der Waals surface area (Å²) in [6, 6.07) is 13.1. The topological polar surface area (TPSA) is 15.3 Å². The molecule has 0 aliphatic rings. The number of rotatable bonds is 7. The molecule has 0 atom stereocenters. The third-order valence-electron chi connectivity index (χ3n) is 3.49. The minimum Gasteiger partial charge on any atom is -0.369 e. The molecule has 0 aliphatic heterocycles. The predicted molar refractivity (Wildman–Crippen MR) is 94.1 cm³/mol. The minimum atomic E-state index is 0.705. The summed E-state index contributed by atoms with van der Waals surface area (Å²) in [5.41, 5.74) is 2.64. The number of aryl methyl sites for hydroxylation is 1. The lowest BCUT2D eigenvalue weighted by Crippen LogP contribution is -2.18. The van der Waals surface area contributed by atoms with E-state index in [1.807, 2.05) is 11.3 Å². The monoisotopic (exact) mass is 302 g/mol. The molecule has 0 amide bonds. The quantitative estimate of drug-likeness (QED) is 0.813. The SMILES string of the molecule is Cc1ccccc1N(C)Cc1ccc(CNCC(C)C)s1. The standard InChI is InChI=1S/C18H26N2S/c1-14(2)11-19-12-16-9-10-17(21-16)13-20(4)18-8-6-5-7-15(18)3/h5-10,14,19H,11-13H2,1-4H3. The molecule has 0 radical (unpaired) electrons. The maximum atomic E-state index is 3.51. The van der Waals surface area contributed by atoms with Crippen LogP contribution < -0.4 is 10.2 Å². The zero-order valence-electron chi connectivity index (χ0n) is 13.5. The Hall–Kier alpha value is -1.32. The molecule has 0 saturated carbocycles. The second kappa shape index (κ2) is 7.62. The van der Waals surface area contributed by atoms with Gasteiger partial charge in [0, 0.05) is 29.0 Å². The highest BCUT2D eigenvalue weighted by molar-refractivity contribution is 7.12. The van der Waals surface area contributed by atoms with Gasteiger partial charge < -0.3 is 10.2 Å². The van der Waals surface area contributed by atoms with E-state index in [1.54, 1.807) is 0 Å². The number of anilines is 1. The average Bonchev–Trinajstić information content (AvgIpc) is 2.86. The molecule has 1 aromatic carbocycles. The van der Waals surface area contributed by atoms with Crippen molar-refractivity contribution >= 4 is 17.0 Å². The van der Waals surface area contributed by atoms with Gasteiger partial charge in [-0.25, -0.2) is 0 Å². The van der Waals surface area contributed by atoms with Crippen molar-refractivity contribution in [2.24, 2.45) is 5.92 Å². The summed E-state index contributed by atoms with van der Waals surface area (Å²) in [7, 11) is 2.17. The molecule has 0 aliphatic carbocycles. The Morgan fingerprint density at radius 1 is 1.10 bits per heavy atom. The van der Waals surface area contributed by atoms with Crippen molar-refractivity contribution in [3.05, 3.63) is 51.7 Å². The van der Waals surface area contributed by atoms with Gasteiger partial charge in [0.2, 0.25) is 0 Å². The molecule has 0 unspecified atom stereocenters. The summed E-state index contributed by atoms with van der Waals surface area (Å²) in [4.78, 5) is 5.16. The molecule has 3 heteroatoms. The van der Waals surface area contributed by atoms with Crippen LogP contribution in [0.15, 0.2) is 36.4 Å². The van der Waals surface area contributed by atoms with Gasteiger partial charge >= 0.3 is 0 Å². The molecule has 1 heterocycles. The lowest BCUT2D eigenvalue weighted by atomic mass is 10.2.